The minimum absolute atomic E-state index is 0.0513. The van der Waals surface area contributed by atoms with E-state index in [4.69, 9.17) is 11.6 Å². The van der Waals surface area contributed by atoms with Crippen molar-refractivity contribution in [2.75, 3.05) is 17.4 Å². The second kappa shape index (κ2) is 13.3. The van der Waals surface area contributed by atoms with Gasteiger partial charge in [0.05, 0.1) is 10.6 Å². The van der Waals surface area contributed by atoms with E-state index in [9.17, 15) is 18.0 Å². The smallest absolute Gasteiger partial charge is 0.264 e. The highest BCUT2D eigenvalue weighted by atomic mass is 35.5. The molecule has 3 aromatic rings. The van der Waals surface area contributed by atoms with Crippen LogP contribution in [-0.4, -0.2) is 44.3 Å². The molecular formula is C31H38ClN3O4S. The Bertz CT molecular complexity index is 1440. The summed E-state index contributed by atoms with van der Waals surface area (Å²) in [5.41, 5.74) is 3.84. The molecule has 1 atom stereocenters. The van der Waals surface area contributed by atoms with Crippen molar-refractivity contribution in [2.45, 2.75) is 59.0 Å². The number of halogens is 1. The van der Waals surface area contributed by atoms with E-state index in [1.165, 1.54) is 17.0 Å². The average Bonchev–Trinajstić information content (AvgIpc) is 2.91. The molecule has 2 amide bonds. The summed E-state index contributed by atoms with van der Waals surface area (Å²) in [5, 5.41) is 3.27. The molecule has 0 saturated heterocycles. The highest BCUT2D eigenvalue weighted by Crippen LogP contribution is 2.29. The molecule has 0 aliphatic rings. The maximum absolute atomic E-state index is 14.0. The Morgan fingerprint density at radius 2 is 1.45 bits per heavy atom. The van der Waals surface area contributed by atoms with Gasteiger partial charge >= 0.3 is 0 Å². The lowest BCUT2D eigenvalue weighted by molar-refractivity contribution is -0.139. The molecule has 9 heteroatoms. The standard InChI is InChI=1S/C31H38ClN3O4S/c1-21(2)18-33-31(37)25(6)34(19-26-12-7-22(3)8-13-26)30(36)20-35(27-14-11-24(5)29(32)17-27)40(38,39)28-15-9-23(4)10-16-28/h7-17,21,25H,18-20H2,1-6H3,(H,33,37)/t25-/m1/s1. The number of hydrogen-bond donors (Lipinski definition) is 1. The third kappa shape index (κ3) is 7.86. The number of aryl methyl sites for hydroxylation is 3. The van der Waals surface area contributed by atoms with Gasteiger partial charge in [0, 0.05) is 18.1 Å². The zero-order chi connectivity index (χ0) is 29.6. The predicted molar refractivity (Wildman–Crippen MR) is 161 cm³/mol. The number of benzene rings is 3. The van der Waals surface area contributed by atoms with Gasteiger partial charge in [0.25, 0.3) is 10.0 Å². The van der Waals surface area contributed by atoms with Crippen LogP contribution in [0.5, 0.6) is 0 Å². The molecule has 0 aliphatic heterocycles. The van der Waals surface area contributed by atoms with E-state index in [0.29, 0.717) is 11.6 Å². The molecule has 3 aromatic carbocycles. The summed E-state index contributed by atoms with van der Waals surface area (Å²) in [6, 6.07) is 18.2. The van der Waals surface area contributed by atoms with Gasteiger partial charge in [-0.3, -0.25) is 13.9 Å². The van der Waals surface area contributed by atoms with Crippen LogP contribution in [0.4, 0.5) is 5.69 Å². The number of amides is 2. The van der Waals surface area contributed by atoms with Crippen LogP contribution >= 0.6 is 11.6 Å². The summed E-state index contributed by atoms with van der Waals surface area (Å²) >= 11 is 6.38. The van der Waals surface area contributed by atoms with Crippen LogP contribution < -0.4 is 9.62 Å². The SMILES string of the molecule is Cc1ccc(CN(C(=O)CN(c2ccc(C)c(Cl)c2)S(=O)(=O)c2ccc(C)cc2)[C@H](C)C(=O)NCC(C)C)cc1. The van der Waals surface area contributed by atoms with Crippen molar-refractivity contribution in [1.29, 1.82) is 0 Å². The molecule has 0 radical (unpaired) electrons. The van der Waals surface area contributed by atoms with Crippen LogP contribution in [-0.2, 0) is 26.2 Å². The van der Waals surface area contributed by atoms with Crippen LogP contribution in [0.25, 0.3) is 0 Å². The van der Waals surface area contributed by atoms with E-state index < -0.39 is 28.5 Å². The molecule has 40 heavy (non-hydrogen) atoms. The number of carbonyl (C=O) groups excluding carboxylic acids is 2. The van der Waals surface area contributed by atoms with Gasteiger partial charge < -0.3 is 10.2 Å². The van der Waals surface area contributed by atoms with Crippen molar-refractivity contribution in [2.24, 2.45) is 5.92 Å². The summed E-state index contributed by atoms with van der Waals surface area (Å²) in [7, 11) is -4.15. The summed E-state index contributed by atoms with van der Waals surface area (Å²) in [5.74, 6) is -0.584. The van der Waals surface area contributed by atoms with Crippen LogP contribution in [0.1, 0.15) is 43.0 Å². The molecule has 7 nitrogen and oxygen atoms in total. The molecule has 214 valence electrons. The Morgan fingerprint density at radius 1 is 0.875 bits per heavy atom. The summed E-state index contributed by atoms with van der Waals surface area (Å²) in [6.07, 6.45) is 0. The number of hydrogen-bond acceptors (Lipinski definition) is 4. The topological polar surface area (TPSA) is 86.8 Å². The quantitative estimate of drug-likeness (QED) is 0.316. The van der Waals surface area contributed by atoms with Gasteiger partial charge in [-0.05, 0) is 69.0 Å². The first-order valence-corrected chi connectivity index (χ1v) is 15.1. The second-order valence-electron chi connectivity index (χ2n) is 10.6. The maximum Gasteiger partial charge on any atom is 0.264 e. The van der Waals surface area contributed by atoms with Crippen molar-refractivity contribution < 1.29 is 18.0 Å². The minimum atomic E-state index is -4.15. The fourth-order valence-corrected chi connectivity index (χ4v) is 5.61. The van der Waals surface area contributed by atoms with Gasteiger partial charge in [-0.1, -0.05) is 79.0 Å². The first-order chi connectivity index (χ1) is 18.8. The lowest BCUT2D eigenvalue weighted by Gasteiger charge is -2.32. The number of carbonyl (C=O) groups is 2. The van der Waals surface area contributed by atoms with Gasteiger partial charge in [-0.2, -0.15) is 0 Å². The lowest BCUT2D eigenvalue weighted by Crippen LogP contribution is -2.51. The maximum atomic E-state index is 14.0. The molecule has 3 rings (SSSR count). The van der Waals surface area contributed by atoms with Gasteiger partial charge in [0.15, 0.2) is 0 Å². The summed E-state index contributed by atoms with van der Waals surface area (Å²) in [6.45, 7) is 11.4. The Labute approximate surface area is 243 Å². The van der Waals surface area contributed by atoms with Crippen molar-refractivity contribution in [1.82, 2.24) is 10.2 Å². The molecular weight excluding hydrogens is 546 g/mol. The summed E-state index contributed by atoms with van der Waals surface area (Å²) in [4.78, 5) is 28.5. The van der Waals surface area contributed by atoms with E-state index >= 15 is 0 Å². The monoisotopic (exact) mass is 583 g/mol. The number of nitrogens with zero attached hydrogens (tertiary/aromatic N) is 2. The van der Waals surface area contributed by atoms with Crippen LogP contribution in [0.2, 0.25) is 5.02 Å². The molecule has 0 saturated carbocycles. The fourth-order valence-electron chi connectivity index (χ4n) is 4.03. The molecule has 0 aromatic heterocycles. The van der Waals surface area contributed by atoms with Gasteiger partial charge in [0.2, 0.25) is 11.8 Å². The molecule has 1 N–H and O–H groups in total. The zero-order valence-electron chi connectivity index (χ0n) is 23.9. The predicted octanol–water partition coefficient (Wildman–Crippen LogP) is 5.65. The first kappa shape index (κ1) is 31.2. The van der Waals surface area contributed by atoms with Gasteiger partial charge in [0.1, 0.15) is 12.6 Å². The Morgan fingerprint density at radius 3 is 2.00 bits per heavy atom. The van der Waals surface area contributed by atoms with Crippen molar-refractivity contribution in [3.05, 3.63) is 94.0 Å². The Balaban J connectivity index is 2.03. The highest BCUT2D eigenvalue weighted by molar-refractivity contribution is 7.92. The number of nitrogens with one attached hydrogen (secondary N) is 1. The highest BCUT2D eigenvalue weighted by Gasteiger charge is 2.32. The van der Waals surface area contributed by atoms with Crippen molar-refractivity contribution in [3.8, 4) is 0 Å². The van der Waals surface area contributed by atoms with E-state index in [1.807, 2.05) is 58.9 Å². The number of sulfonamides is 1. The fraction of sp³-hybridized carbons (Fsp3) is 0.355. The Hall–Kier alpha value is -3.36. The van der Waals surface area contributed by atoms with Crippen LogP contribution in [0.15, 0.2) is 71.6 Å². The Kier molecular flexibility index (Phi) is 10.4. The van der Waals surface area contributed by atoms with E-state index in [-0.39, 0.29) is 29.0 Å². The molecule has 0 heterocycles. The zero-order valence-corrected chi connectivity index (χ0v) is 25.5. The van der Waals surface area contributed by atoms with Gasteiger partial charge in [-0.15, -0.1) is 0 Å². The number of rotatable bonds is 11. The summed E-state index contributed by atoms with van der Waals surface area (Å²) < 4.78 is 28.9. The number of anilines is 1. The third-order valence-electron chi connectivity index (χ3n) is 6.66. The van der Waals surface area contributed by atoms with Crippen molar-refractivity contribution >= 4 is 39.1 Å². The second-order valence-corrected chi connectivity index (χ2v) is 12.8. The third-order valence-corrected chi connectivity index (χ3v) is 8.85. The molecule has 0 fully saturated rings. The first-order valence-electron chi connectivity index (χ1n) is 13.3. The molecule has 0 aliphatic carbocycles. The largest absolute Gasteiger partial charge is 0.354 e. The van der Waals surface area contributed by atoms with E-state index in [0.717, 1.165) is 26.6 Å². The van der Waals surface area contributed by atoms with E-state index in [1.54, 1.807) is 37.3 Å². The lowest BCUT2D eigenvalue weighted by atomic mass is 10.1. The van der Waals surface area contributed by atoms with Crippen molar-refractivity contribution in [3.63, 3.8) is 0 Å². The average molecular weight is 584 g/mol. The van der Waals surface area contributed by atoms with Crippen LogP contribution in [0, 0.1) is 26.7 Å². The molecule has 0 unspecified atom stereocenters. The van der Waals surface area contributed by atoms with E-state index in [2.05, 4.69) is 5.32 Å². The normalized spacial score (nSPS) is 12.2. The molecule has 0 spiro atoms. The minimum Gasteiger partial charge on any atom is -0.354 e. The molecule has 0 bridgehead atoms. The van der Waals surface area contributed by atoms with Crippen LogP contribution in [0.3, 0.4) is 0 Å². The van der Waals surface area contributed by atoms with Gasteiger partial charge in [-0.25, -0.2) is 8.42 Å².